The number of phenolic OH excluding ortho intramolecular Hbond substituents is 1. The van der Waals surface area contributed by atoms with E-state index in [4.69, 9.17) is 0 Å². The molecule has 138 valence electrons. The van der Waals surface area contributed by atoms with Crippen molar-refractivity contribution in [1.29, 1.82) is 0 Å². The Bertz CT molecular complexity index is 747. The second-order valence-corrected chi connectivity index (χ2v) is 5.55. The number of hydrogen-bond donors (Lipinski definition) is 4. The normalized spacial score (nSPS) is 11.1. The van der Waals surface area contributed by atoms with E-state index in [2.05, 4.69) is 20.9 Å². The number of carbonyl (C=O) groups excluding carboxylic acids is 1. The van der Waals surface area contributed by atoms with Gasteiger partial charge in [-0.2, -0.15) is 0 Å². The van der Waals surface area contributed by atoms with Crippen LogP contribution in [0.2, 0.25) is 0 Å². The zero-order valence-corrected chi connectivity index (χ0v) is 14.6. The van der Waals surface area contributed by atoms with Crippen LogP contribution < -0.4 is 16.0 Å². The number of aromatic hydroxyl groups is 1. The van der Waals surface area contributed by atoms with E-state index < -0.39 is 0 Å². The van der Waals surface area contributed by atoms with Gasteiger partial charge in [0.1, 0.15) is 11.6 Å². The molecule has 0 saturated heterocycles. The minimum atomic E-state index is -0.285. The maximum Gasteiger partial charge on any atom is 0.251 e. The summed E-state index contributed by atoms with van der Waals surface area (Å²) in [5.41, 5.74) is 1.26. The lowest BCUT2D eigenvalue weighted by atomic mass is 10.2. The molecule has 0 saturated carbocycles. The summed E-state index contributed by atoms with van der Waals surface area (Å²) < 4.78 is 13.2. The van der Waals surface area contributed by atoms with E-state index >= 15 is 0 Å². The molecule has 0 aliphatic rings. The molecule has 2 rings (SSSR count). The standard InChI is InChI=1S/C19H23FN4O2/c1-2-21-19(24-13-14-4-3-5-16(20)12-14)23-11-10-22-18(26)15-6-8-17(25)9-7-15/h3-9,12,25H,2,10-11,13H2,1H3,(H,22,26)(H2,21,23,24). The average molecular weight is 358 g/mol. The van der Waals surface area contributed by atoms with E-state index in [-0.39, 0.29) is 17.5 Å². The third-order valence-corrected chi connectivity index (χ3v) is 3.49. The molecule has 1 amide bonds. The Morgan fingerprint density at radius 1 is 1.08 bits per heavy atom. The van der Waals surface area contributed by atoms with Crippen molar-refractivity contribution >= 4 is 11.9 Å². The van der Waals surface area contributed by atoms with Crippen LogP contribution in [0, 0.1) is 5.82 Å². The molecule has 2 aromatic rings. The predicted molar refractivity (Wildman–Crippen MR) is 99.7 cm³/mol. The van der Waals surface area contributed by atoms with Gasteiger partial charge in [0.25, 0.3) is 5.91 Å². The van der Waals surface area contributed by atoms with Crippen molar-refractivity contribution < 1.29 is 14.3 Å². The van der Waals surface area contributed by atoms with Crippen molar-refractivity contribution in [3.8, 4) is 5.75 Å². The molecule has 4 N–H and O–H groups in total. The molecule has 6 nitrogen and oxygen atoms in total. The van der Waals surface area contributed by atoms with Crippen LogP contribution in [0.15, 0.2) is 53.5 Å². The van der Waals surface area contributed by atoms with Crippen LogP contribution in [0.3, 0.4) is 0 Å². The topological polar surface area (TPSA) is 85.8 Å². The van der Waals surface area contributed by atoms with E-state index in [9.17, 15) is 14.3 Å². The molecule has 0 radical (unpaired) electrons. The predicted octanol–water partition coefficient (Wildman–Crippen LogP) is 2.02. The molecule has 0 heterocycles. The van der Waals surface area contributed by atoms with E-state index in [1.165, 1.54) is 24.3 Å². The highest BCUT2D eigenvalue weighted by Gasteiger charge is 2.04. The van der Waals surface area contributed by atoms with Crippen molar-refractivity contribution in [3.05, 3.63) is 65.5 Å². The second kappa shape index (κ2) is 10.0. The first-order chi connectivity index (χ1) is 12.6. The summed E-state index contributed by atoms with van der Waals surface area (Å²) in [5, 5.41) is 18.2. The molecule has 0 unspecified atom stereocenters. The summed E-state index contributed by atoms with van der Waals surface area (Å²) in [6.45, 7) is 3.89. The van der Waals surface area contributed by atoms with Gasteiger partial charge >= 0.3 is 0 Å². The van der Waals surface area contributed by atoms with Gasteiger partial charge in [-0.3, -0.25) is 4.79 Å². The average Bonchev–Trinajstić information content (AvgIpc) is 2.63. The van der Waals surface area contributed by atoms with Crippen molar-refractivity contribution in [1.82, 2.24) is 16.0 Å². The van der Waals surface area contributed by atoms with Crippen molar-refractivity contribution in [2.75, 3.05) is 19.6 Å². The van der Waals surface area contributed by atoms with Gasteiger partial charge in [0.2, 0.25) is 0 Å². The molecule has 0 aliphatic carbocycles. The molecule has 0 aliphatic heterocycles. The van der Waals surface area contributed by atoms with Crippen LogP contribution in [0.4, 0.5) is 4.39 Å². The van der Waals surface area contributed by atoms with Crippen LogP contribution in [0.1, 0.15) is 22.8 Å². The Kier molecular flexibility index (Phi) is 7.42. The first-order valence-electron chi connectivity index (χ1n) is 8.42. The summed E-state index contributed by atoms with van der Waals surface area (Å²) in [6.07, 6.45) is 0. The monoisotopic (exact) mass is 358 g/mol. The quantitative estimate of drug-likeness (QED) is 0.347. The van der Waals surface area contributed by atoms with Gasteiger partial charge in [-0.25, -0.2) is 9.38 Å². The summed E-state index contributed by atoms with van der Waals surface area (Å²) in [4.78, 5) is 16.4. The van der Waals surface area contributed by atoms with Crippen LogP contribution in [0.25, 0.3) is 0 Å². The number of benzene rings is 2. The Hall–Kier alpha value is -3.09. The second-order valence-electron chi connectivity index (χ2n) is 5.55. The van der Waals surface area contributed by atoms with Gasteiger partial charge < -0.3 is 21.1 Å². The van der Waals surface area contributed by atoms with Gasteiger partial charge in [-0.05, 0) is 48.9 Å². The fraction of sp³-hybridized carbons (Fsp3) is 0.263. The van der Waals surface area contributed by atoms with Gasteiger partial charge in [0.05, 0.1) is 6.54 Å². The fourth-order valence-corrected chi connectivity index (χ4v) is 2.22. The minimum Gasteiger partial charge on any atom is -0.508 e. The van der Waals surface area contributed by atoms with Crippen LogP contribution in [0.5, 0.6) is 5.75 Å². The Morgan fingerprint density at radius 2 is 1.81 bits per heavy atom. The summed E-state index contributed by atoms with van der Waals surface area (Å²) in [6, 6.07) is 12.4. The lowest BCUT2D eigenvalue weighted by molar-refractivity contribution is 0.0954. The lowest BCUT2D eigenvalue weighted by Gasteiger charge is -2.12. The summed E-state index contributed by atoms with van der Waals surface area (Å²) in [5.74, 6) is 0.213. The van der Waals surface area contributed by atoms with Gasteiger partial charge in [-0.15, -0.1) is 0 Å². The van der Waals surface area contributed by atoms with E-state index in [0.717, 1.165) is 5.56 Å². The number of halogens is 1. The molecule has 7 heteroatoms. The Balaban J connectivity index is 1.79. The van der Waals surface area contributed by atoms with E-state index in [0.29, 0.717) is 37.7 Å². The number of carbonyl (C=O) groups is 1. The highest BCUT2D eigenvalue weighted by Crippen LogP contribution is 2.09. The number of amides is 1. The van der Waals surface area contributed by atoms with Gasteiger partial charge in [-0.1, -0.05) is 12.1 Å². The maximum atomic E-state index is 13.2. The molecule has 2 aromatic carbocycles. The molecule has 0 spiro atoms. The first-order valence-corrected chi connectivity index (χ1v) is 8.42. The fourth-order valence-electron chi connectivity index (χ4n) is 2.22. The number of nitrogens with zero attached hydrogens (tertiary/aromatic N) is 1. The highest BCUT2D eigenvalue weighted by molar-refractivity contribution is 5.94. The van der Waals surface area contributed by atoms with E-state index in [1.807, 2.05) is 13.0 Å². The van der Waals surface area contributed by atoms with Gasteiger partial charge in [0, 0.05) is 25.2 Å². The molecule has 0 atom stereocenters. The van der Waals surface area contributed by atoms with Crippen LogP contribution in [-0.4, -0.2) is 36.6 Å². The zero-order chi connectivity index (χ0) is 18.8. The molecule has 26 heavy (non-hydrogen) atoms. The summed E-state index contributed by atoms with van der Waals surface area (Å²) in [7, 11) is 0. The molecule has 0 aromatic heterocycles. The largest absolute Gasteiger partial charge is 0.508 e. The van der Waals surface area contributed by atoms with Crippen molar-refractivity contribution in [3.63, 3.8) is 0 Å². The maximum absolute atomic E-state index is 13.2. The third-order valence-electron chi connectivity index (χ3n) is 3.49. The SMILES string of the molecule is CCNC(=NCc1cccc(F)c1)NCCNC(=O)c1ccc(O)cc1. The lowest BCUT2D eigenvalue weighted by Crippen LogP contribution is -2.41. The van der Waals surface area contributed by atoms with Crippen molar-refractivity contribution in [2.45, 2.75) is 13.5 Å². The van der Waals surface area contributed by atoms with Gasteiger partial charge in [0.15, 0.2) is 5.96 Å². The number of phenols is 1. The highest BCUT2D eigenvalue weighted by atomic mass is 19.1. The number of nitrogens with one attached hydrogen (secondary N) is 3. The Labute approximate surface area is 152 Å². The van der Waals surface area contributed by atoms with E-state index in [1.54, 1.807) is 18.2 Å². The number of rotatable bonds is 7. The molecule has 0 bridgehead atoms. The third kappa shape index (κ3) is 6.43. The smallest absolute Gasteiger partial charge is 0.251 e. The number of hydrogen-bond acceptors (Lipinski definition) is 3. The minimum absolute atomic E-state index is 0.119. The van der Waals surface area contributed by atoms with Crippen LogP contribution >= 0.6 is 0 Å². The molecular weight excluding hydrogens is 335 g/mol. The number of guanidine groups is 1. The zero-order valence-electron chi connectivity index (χ0n) is 14.6. The van der Waals surface area contributed by atoms with Crippen LogP contribution in [-0.2, 0) is 6.54 Å². The Morgan fingerprint density at radius 3 is 2.50 bits per heavy atom. The first kappa shape index (κ1) is 19.2. The number of aliphatic imine (C=N–C) groups is 1. The molecule has 0 fully saturated rings. The van der Waals surface area contributed by atoms with Crippen molar-refractivity contribution in [2.24, 2.45) is 4.99 Å². The molecular formula is C19H23FN4O2. The summed E-state index contributed by atoms with van der Waals surface area (Å²) >= 11 is 0.